The van der Waals surface area contributed by atoms with Gasteiger partial charge in [0, 0.05) is 45.0 Å². The van der Waals surface area contributed by atoms with Crippen LogP contribution in [-0.2, 0) is 26.1 Å². The number of rotatable bonds is 12. The van der Waals surface area contributed by atoms with E-state index in [4.69, 9.17) is 9.47 Å². The van der Waals surface area contributed by atoms with E-state index in [0.29, 0.717) is 42.9 Å². The Bertz CT molecular complexity index is 1200. The van der Waals surface area contributed by atoms with Gasteiger partial charge in [-0.2, -0.15) is 4.31 Å². The normalized spacial score (nSPS) is 14.3. The van der Waals surface area contributed by atoms with Crippen LogP contribution in [0.1, 0.15) is 25.3 Å². The molecule has 0 bridgehead atoms. The molecule has 0 unspecified atom stereocenters. The van der Waals surface area contributed by atoms with Crippen LogP contribution in [0.5, 0.6) is 5.75 Å². The number of anilines is 1. The third kappa shape index (κ3) is 8.64. The second-order valence-electron chi connectivity index (χ2n) is 9.26. The summed E-state index contributed by atoms with van der Waals surface area (Å²) in [7, 11) is -0.614. The number of sulfonamides is 1. The second-order valence-corrected chi connectivity index (χ2v) is 11.5. The van der Waals surface area contributed by atoms with Gasteiger partial charge in [0.25, 0.3) is 0 Å². The van der Waals surface area contributed by atoms with Crippen LogP contribution in [0.25, 0.3) is 0 Å². The summed E-state index contributed by atoms with van der Waals surface area (Å²) >= 11 is 0. The molecule has 0 radical (unpaired) electrons. The number of nitrogens with one attached hydrogen (secondary N) is 1. The highest BCUT2D eigenvalue weighted by molar-refractivity contribution is 7.89. The average molecular weight is 565 g/mol. The van der Waals surface area contributed by atoms with Crippen molar-refractivity contribution in [1.82, 2.24) is 14.1 Å². The minimum Gasteiger partial charge on any atom is -0.497 e. The molecule has 214 valence electrons. The summed E-state index contributed by atoms with van der Waals surface area (Å²) < 4.78 is 50.5. The van der Waals surface area contributed by atoms with Gasteiger partial charge in [0.15, 0.2) is 0 Å². The lowest BCUT2D eigenvalue weighted by Crippen LogP contribution is -2.52. The Kier molecular flexibility index (Phi) is 11.1. The van der Waals surface area contributed by atoms with Crippen molar-refractivity contribution in [3.63, 3.8) is 0 Å². The topological polar surface area (TPSA) is 108 Å². The zero-order valence-corrected chi connectivity index (χ0v) is 23.5. The van der Waals surface area contributed by atoms with Crippen LogP contribution in [0, 0.1) is 5.82 Å². The van der Waals surface area contributed by atoms with Crippen LogP contribution in [0.2, 0.25) is 0 Å². The molecule has 1 N–H and O–H groups in total. The second kappa shape index (κ2) is 14.2. The van der Waals surface area contributed by atoms with Gasteiger partial charge in [-0.05, 0) is 61.7 Å². The Morgan fingerprint density at radius 2 is 1.79 bits per heavy atom. The molecule has 39 heavy (non-hydrogen) atoms. The molecule has 3 rings (SSSR count). The Balaban J connectivity index is 1.71. The number of piperidine rings is 1. The number of hydrogen-bond donors (Lipinski definition) is 1. The lowest BCUT2D eigenvalue weighted by molar-refractivity contribution is -0.135. The van der Waals surface area contributed by atoms with E-state index in [9.17, 15) is 22.4 Å². The van der Waals surface area contributed by atoms with Crippen LogP contribution in [0.15, 0.2) is 48.5 Å². The maximum absolute atomic E-state index is 13.9. The predicted molar refractivity (Wildman–Crippen MR) is 146 cm³/mol. The quantitative estimate of drug-likeness (QED) is 0.424. The Labute approximate surface area is 229 Å². The SMILES string of the molecule is CCS(=O)(=O)N(CCOC)CC(=O)N(Cc1cccc(F)c1)C1CCN(C(=O)Nc2ccc(OC)cc2)CC1. The highest BCUT2D eigenvalue weighted by atomic mass is 32.2. The van der Waals surface area contributed by atoms with Gasteiger partial charge in [0.2, 0.25) is 15.9 Å². The molecule has 2 aromatic rings. The van der Waals surface area contributed by atoms with Crippen molar-refractivity contribution in [3.8, 4) is 5.75 Å². The fourth-order valence-electron chi connectivity index (χ4n) is 4.44. The molecule has 1 saturated heterocycles. The predicted octanol–water partition coefficient (Wildman–Crippen LogP) is 3.16. The van der Waals surface area contributed by atoms with Crippen molar-refractivity contribution in [1.29, 1.82) is 0 Å². The van der Waals surface area contributed by atoms with Crippen LogP contribution in [-0.4, -0.2) is 93.3 Å². The number of halogens is 1. The summed E-state index contributed by atoms with van der Waals surface area (Å²) in [6, 6.07) is 12.5. The molecule has 0 atom stereocenters. The van der Waals surface area contributed by atoms with Crippen LogP contribution >= 0.6 is 0 Å². The van der Waals surface area contributed by atoms with E-state index in [1.165, 1.54) is 26.2 Å². The zero-order valence-electron chi connectivity index (χ0n) is 22.6. The number of benzene rings is 2. The van der Waals surface area contributed by atoms with Gasteiger partial charge >= 0.3 is 6.03 Å². The Morgan fingerprint density at radius 3 is 2.38 bits per heavy atom. The van der Waals surface area contributed by atoms with Crippen LogP contribution in [0.4, 0.5) is 14.9 Å². The van der Waals surface area contributed by atoms with E-state index in [2.05, 4.69) is 5.32 Å². The summed E-state index contributed by atoms with van der Waals surface area (Å²) in [5.74, 6) is -0.256. The molecule has 2 aromatic carbocycles. The van der Waals surface area contributed by atoms with Crippen molar-refractivity contribution < 1.29 is 31.9 Å². The van der Waals surface area contributed by atoms with Crippen LogP contribution in [0.3, 0.4) is 0 Å². The molecule has 0 saturated carbocycles. The molecule has 1 fully saturated rings. The number of nitrogens with zero attached hydrogens (tertiary/aromatic N) is 3. The molecule has 12 heteroatoms. The highest BCUT2D eigenvalue weighted by Crippen LogP contribution is 2.22. The van der Waals surface area contributed by atoms with Gasteiger partial charge in [-0.15, -0.1) is 0 Å². The van der Waals surface area contributed by atoms with Crippen molar-refractivity contribution in [3.05, 3.63) is 59.9 Å². The average Bonchev–Trinajstić information content (AvgIpc) is 2.94. The minimum absolute atomic E-state index is 0.0518. The highest BCUT2D eigenvalue weighted by Gasteiger charge is 2.32. The first-order valence-corrected chi connectivity index (χ1v) is 14.5. The summed E-state index contributed by atoms with van der Waals surface area (Å²) in [6.07, 6.45) is 0.991. The largest absolute Gasteiger partial charge is 0.497 e. The molecule has 1 heterocycles. The maximum Gasteiger partial charge on any atom is 0.321 e. The van der Waals surface area contributed by atoms with E-state index in [0.717, 1.165) is 4.31 Å². The number of carbonyl (C=O) groups excluding carboxylic acids is 2. The standard InChI is InChI=1S/C27H37FN4O6S/c1-4-39(35,36)31(16-17-37-2)20-26(33)32(19-21-6-5-7-22(28)18-21)24-12-14-30(15-13-24)27(34)29-23-8-10-25(38-3)11-9-23/h5-11,18,24H,4,12-17,19-20H2,1-3H3,(H,29,34). The first-order chi connectivity index (χ1) is 18.7. The van der Waals surface area contributed by atoms with Crippen LogP contribution < -0.4 is 10.1 Å². The first kappa shape index (κ1) is 30.3. The molecule has 3 amide bonds. The molecular formula is C27H37FN4O6S. The van der Waals surface area contributed by atoms with Gasteiger partial charge in [-0.3, -0.25) is 4.79 Å². The summed E-state index contributed by atoms with van der Waals surface area (Å²) in [6.45, 7) is 2.32. The van der Waals surface area contributed by atoms with Gasteiger partial charge in [-0.1, -0.05) is 12.1 Å². The zero-order chi connectivity index (χ0) is 28.4. The number of likely N-dealkylation sites (tertiary alicyclic amines) is 1. The Morgan fingerprint density at radius 1 is 1.10 bits per heavy atom. The molecule has 0 spiro atoms. The minimum atomic E-state index is -3.65. The number of urea groups is 1. The lowest BCUT2D eigenvalue weighted by atomic mass is 10.0. The van der Waals surface area contributed by atoms with E-state index >= 15 is 0 Å². The number of carbonyl (C=O) groups is 2. The first-order valence-electron chi connectivity index (χ1n) is 12.9. The van der Waals surface area contributed by atoms with Crippen molar-refractivity contribution >= 4 is 27.6 Å². The Hall–Kier alpha value is -3.22. The van der Waals surface area contributed by atoms with E-state index < -0.39 is 15.8 Å². The van der Waals surface area contributed by atoms with Gasteiger partial charge in [-0.25, -0.2) is 17.6 Å². The smallest absolute Gasteiger partial charge is 0.321 e. The monoisotopic (exact) mass is 564 g/mol. The molecule has 1 aliphatic rings. The third-order valence-electron chi connectivity index (χ3n) is 6.71. The van der Waals surface area contributed by atoms with E-state index in [-0.39, 0.29) is 50.0 Å². The van der Waals surface area contributed by atoms with E-state index in [1.54, 1.807) is 53.3 Å². The van der Waals surface area contributed by atoms with E-state index in [1.807, 2.05) is 0 Å². The fourth-order valence-corrected chi connectivity index (χ4v) is 5.47. The lowest BCUT2D eigenvalue weighted by Gasteiger charge is -2.39. The van der Waals surface area contributed by atoms with Gasteiger partial charge < -0.3 is 24.6 Å². The number of hydrogen-bond acceptors (Lipinski definition) is 6. The summed E-state index contributed by atoms with van der Waals surface area (Å²) in [5, 5.41) is 2.87. The summed E-state index contributed by atoms with van der Waals surface area (Å²) in [5.41, 5.74) is 1.24. The third-order valence-corrected chi connectivity index (χ3v) is 8.54. The van der Waals surface area contributed by atoms with Crippen molar-refractivity contribution in [2.45, 2.75) is 32.4 Å². The summed E-state index contributed by atoms with van der Waals surface area (Å²) in [4.78, 5) is 29.7. The molecule has 0 aromatic heterocycles. The maximum atomic E-state index is 13.9. The number of amides is 3. The van der Waals surface area contributed by atoms with Gasteiger partial charge in [0.05, 0.1) is 26.0 Å². The number of methoxy groups -OCH3 is 2. The molecule has 10 nitrogen and oxygen atoms in total. The fraction of sp³-hybridized carbons (Fsp3) is 0.481. The van der Waals surface area contributed by atoms with Crippen molar-refractivity contribution in [2.75, 3.05) is 58.1 Å². The van der Waals surface area contributed by atoms with Crippen molar-refractivity contribution in [2.24, 2.45) is 0 Å². The number of ether oxygens (including phenoxy) is 2. The molecule has 1 aliphatic heterocycles. The molecule has 0 aliphatic carbocycles. The molecular weight excluding hydrogens is 527 g/mol. The van der Waals surface area contributed by atoms with Gasteiger partial charge in [0.1, 0.15) is 11.6 Å².